The number of anilines is 1. The summed E-state index contributed by atoms with van der Waals surface area (Å²) in [4.78, 5) is 32.0. The van der Waals surface area contributed by atoms with Gasteiger partial charge in [-0.05, 0) is 49.7 Å². The van der Waals surface area contributed by atoms with Crippen molar-refractivity contribution in [3.63, 3.8) is 0 Å². The number of carbonyl (C=O) groups is 1. The molecule has 0 radical (unpaired) electrons. The van der Waals surface area contributed by atoms with Crippen LogP contribution in [0.3, 0.4) is 0 Å². The van der Waals surface area contributed by atoms with Crippen molar-refractivity contribution in [3.8, 4) is 6.07 Å². The predicted molar refractivity (Wildman–Crippen MR) is 120 cm³/mol. The number of nitriles is 1. The summed E-state index contributed by atoms with van der Waals surface area (Å²) in [6, 6.07) is 10.8. The second kappa shape index (κ2) is 8.96. The van der Waals surface area contributed by atoms with Gasteiger partial charge in [0.05, 0.1) is 34.9 Å². The number of aromatic nitrogens is 4. The number of carbonyl (C=O) groups excluding carboxylic acids is 1. The number of benzene rings is 1. The van der Waals surface area contributed by atoms with E-state index in [4.69, 9.17) is 11.0 Å². The Balaban J connectivity index is 1.77. The van der Waals surface area contributed by atoms with Gasteiger partial charge in [0, 0.05) is 30.0 Å². The third kappa shape index (κ3) is 4.45. The van der Waals surface area contributed by atoms with Gasteiger partial charge < -0.3 is 10.6 Å². The number of amides is 1. The molecule has 2 N–H and O–H groups in total. The third-order valence-electron chi connectivity index (χ3n) is 5.34. The first kappa shape index (κ1) is 21.8. The molecule has 4 rings (SSSR count). The summed E-state index contributed by atoms with van der Waals surface area (Å²) in [6.07, 6.45) is 4.59. The van der Waals surface area contributed by atoms with Crippen LogP contribution in [0.2, 0.25) is 0 Å². The lowest BCUT2D eigenvalue weighted by molar-refractivity contribution is 0.0658. The molecule has 1 amide bonds. The second-order valence-corrected chi connectivity index (χ2v) is 7.58. The lowest BCUT2D eigenvalue weighted by Crippen LogP contribution is -2.35. The summed E-state index contributed by atoms with van der Waals surface area (Å²) in [7, 11) is 0. The van der Waals surface area contributed by atoms with E-state index in [1.165, 1.54) is 23.2 Å². The Labute approximate surface area is 189 Å². The van der Waals surface area contributed by atoms with Crippen molar-refractivity contribution in [1.82, 2.24) is 24.8 Å². The minimum atomic E-state index is -0.706. The Morgan fingerprint density at radius 1 is 1.21 bits per heavy atom. The number of rotatable bonds is 5. The quantitative estimate of drug-likeness (QED) is 0.501. The van der Waals surface area contributed by atoms with E-state index in [-0.39, 0.29) is 12.1 Å². The summed E-state index contributed by atoms with van der Waals surface area (Å²) in [6.45, 7) is 3.63. The van der Waals surface area contributed by atoms with Crippen molar-refractivity contribution < 1.29 is 9.18 Å². The highest BCUT2D eigenvalue weighted by Crippen LogP contribution is 2.26. The Morgan fingerprint density at radius 3 is 2.64 bits per heavy atom. The first-order valence-corrected chi connectivity index (χ1v) is 10.2. The maximum Gasteiger partial charge on any atom is 0.257 e. The first-order chi connectivity index (χ1) is 15.9. The lowest BCUT2D eigenvalue weighted by atomic mass is 10.1. The van der Waals surface area contributed by atoms with Crippen molar-refractivity contribution in [2.75, 3.05) is 5.73 Å². The van der Waals surface area contributed by atoms with Crippen molar-refractivity contribution in [1.29, 1.82) is 5.26 Å². The minimum absolute atomic E-state index is 0.0699. The Bertz CT molecular complexity index is 1370. The summed E-state index contributed by atoms with van der Waals surface area (Å²) in [5.41, 5.74) is 7.78. The molecule has 9 heteroatoms. The Kier molecular flexibility index (Phi) is 5.91. The molecule has 0 spiro atoms. The molecule has 1 unspecified atom stereocenters. The van der Waals surface area contributed by atoms with Gasteiger partial charge >= 0.3 is 0 Å². The second-order valence-electron chi connectivity index (χ2n) is 7.58. The fraction of sp³-hybridized carbons (Fsp3) is 0.167. The summed E-state index contributed by atoms with van der Waals surface area (Å²) in [5, 5.41) is 9.62. The van der Waals surface area contributed by atoms with E-state index < -0.39 is 17.8 Å². The van der Waals surface area contributed by atoms with E-state index in [2.05, 4.69) is 19.9 Å². The average molecular weight is 441 g/mol. The van der Waals surface area contributed by atoms with E-state index in [0.29, 0.717) is 33.8 Å². The van der Waals surface area contributed by atoms with Crippen LogP contribution in [0.4, 0.5) is 10.2 Å². The van der Waals surface area contributed by atoms with Crippen LogP contribution in [0.25, 0.3) is 10.9 Å². The molecule has 0 saturated heterocycles. The molecule has 0 aliphatic rings. The fourth-order valence-corrected chi connectivity index (χ4v) is 3.44. The van der Waals surface area contributed by atoms with Crippen LogP contribution in [0.1, 0.15) is 46.0 Å². The highest BCUT2D eigenvalue weighted by atomic mass is 19.1. The summed E-state index contributed by atoms with van der Waals surface area (Å²) in [5.74, 6) is -0.535. The monoisotopic (exact) mass is 441 g/mol. The van der Waals surface area contributed by atoms with Crippen LogP contribution in [-0.4, -0.2) is 30.7 Å². The van der Waals surface area contributed by atoms with Crippen LogP contribution in [0.5, 0.6) is 0 Å². The number of aryl methyl sites for hydroxylation is 1. The standard InChI is InChI=1S/C24H20FN7O/c1-14-8-17-9-19(20(25)10-21(17)31-22(14)27)24(33)32(15(2)23-28-6-3-7-29-23)13-18-5-4-16(11-26)12-30-18/h3-10,12,15H,13H2,1-2H3,(H2,27,31). The van der Waals surface area contributed by atoms with Gasteiger partial charge in [-0.3, -0.25) is 9.78 Å². The van der Waals surface area contributed by atoms with Crippen molar-refractivity contribution in [2.45, 2.75) is 26.4 Å². The molecule has 0 saturated carbocycles. The predicted octanol–water partition coefficient (Wildman–Crippen LogP) is 3.72. The average Bonchev–Trinajstić information content (AvgIpc) is 2.83. The number of halogens is 1. The van der Waals surface area contributed by atoms with E-state index in [9.17, 15) is 4.79 Å². The molecule has 1 atom stereocenters. The summed E-state index contributed by atoms with van der Waals surface area (Å²) >= 11 is 0. The van der Waals surface area contributed by atoms with Crippen LogP contribution in [0.15, 0.2) is 55.0 Å². The zero-order valence-electron chi connectivity index (χ0n) is 18.0. The van der Waals surface area contributed by atoms with E-state index >= 15 is 4.39 Å². The normalized spacial score (nSPS) is 11.7. The van der Waals surface area contributed by atoms with E-state index in [1.54, 1.807) is 50.5 Å². The fourth-order valence-electron chi connectivity index (χ4n) is 3.44. The minimum Gasteiger partial charge on any atom is -0.383 e. The molecule has 4 aromatic rings. The smallest absolute Gasteiger partial charge is 0.257 e. The molecule has 3 heterocycles. The van der Waals surface area contributed by atoms with Crippen LogP contribution >= 0.6 is 0 Å². The third-order valence-corrected chi connectivity index (χ3v) is 5.34. The molecule has 8 nitrogen and oxygen atoms in total. The summed E-state index contributed by atoms with van der Waals surface area (Å²) < 4.78 is 15.1. The number of hydrogen-bond acceptors (Lipinski definition) is 7. The van der Waals surface area contributed by atoms with E-state index in [1.807, 2.05) is 6.07 Å². The number of nitrogen functional groups attached to an aromatic ring is 1. The van der Waals surface area contributed by atoms with Crippen LogP contribution in [-0.2, 0) is 6.54 Å². The molecule has 0 aliphatic carbocycles. The van der Waals surface area contributed by atoms with Crippen molar-refractivity contribution in [2.24, 2.45) is 0 Å². The van der Waals surface area contributed by atoms with Gasteiger partial charge in [-0.2, -0.15) is 5.26 Å². The molecule has 3 aromatic heterocycles. The van der Waals surface area contributed by atoms with Gasteiger partial charge in [-0.1, -0.05) is 0 Å². The number of fused-ring (bicyclic) bond motifs is 1. The first-order valence-electron chi connectivity index (χ1n) is 10.2. The largest absolute Gasteiger partial charge is 0.383 e. The molecular formula is C24H20FN7O. The number of nitrogens with two attached hydrogens (primary N) is 1. The SMILES string of the molecule is Cc1cc2cc(C(=O)N(Cc3ccc(C#N)cn3)C(C)c3ncccn3)c(F)cc2nc1N. The Hall–Kier alpha value is -4.45. The van der Waals surface area contributed by atoms with Gasteiger partial charge in [0.1, 0.15) is 23.5 Å². The molecule has 0 fully saturated rings. The van der Waals surface area contributed by atoms with Crippen LogP contribution < -0.4 is 5.73 Å². The highest BCUT2D eigenvalue weighted by molar-refractivity contribution is 5.98. The molecule has 164 valence electrons. The highest BCUT2D eigenvalue weighted by Gasteiger charge is 2.27. The molecule has 0 bridgehead atoms. The Morgan fingerprint density at radius 2 is 1.97 bits per heavy atom. The zero-order valence-corrected chi connectivity index (χ0v) is 18.0. The maximum atomic E-state index is 15.1. The molecule has 1 aromatic carbocycles. The van der Waals surface area contributed by atoms with Gasteiger partial charge in [-0.15, -0.1) is 0 Å². The number of nitrogens with zero attached hydrogens (tertiary/aromatic N) is 6. The van der Waals surface area contributed by atoms with Gasteiger partial charge in [0.25, 0.3) is 5.91 Å². The topological polar surface area (TPSA) is 122 Å². The molecule has 0 aliphatic heterocycles. The van der Waals surface area contributed by atoms with Gasteiger partial charge in [0.15, 0.2) is 0 Å². The number of pyridine rings is 2. The zero-order chi connectivity index (χ0) is 23.5. The van der Waals surface area contributed by atoms with Crippen LogP contribution in [0, 0.1) is 24.1 Å². The van der Waals surface area contributed by atoms with Gasteiger partial charge in [0.2, 0.25) is 0 Å². The molecular weight excluding hydrogens is 421 g/mol. The lowest BCUT2D eigenvalue weighted by Gasteiger charge is -2.28. The van der Waals surface area contributed by atoms with Crippen molar-refractivity contribution >= 4 is 22.6 Å². The molecule has 33 heavy (non-hydrogen) atoms. The van der Waals surface area contributed by atoms with Crippen molar-refractivity contribution in [3.05, 3.63) is 89.0 Å². The number of hydrogen-bond donors (Lipinski definition) is 1. The maximum absolute atomic E-state index is 15.1. The van der Waals surface area contributed by atoms with E-state index in [0.717, 1.165) is 5.56 Å². The van der Waals surface area contributed by atoms with Gasteiger partial charge in [-0.25, -0.2) is 19.3 Å².